The highest BCUT2D eigenvalue weighted by molar-refractivity contribution is 5.74. The van der Waals surface area contributed by atoms with Crippen molar-refractivity contribution in [1.29, 1.82) is 0 Å². The molecule has 2 amide bonds. The van der Waals surface area contributed by atoms with Crippen LogP contribution in [0.3, 0.4) is 0 Å². The number of likely N-dealkylation sites (tertiary alicyclic amines) is 1. The van der Waals surface area contributed by atoms with Crippen molar-refractivity contribution in [2.45, 2.75) is 31.8 Å². The second-order valence-electron chi connectivity index (χ2n) is 4.56. The van der Waals surface area contributed by atoms with Gasteiger partial charge in [-0.2, -0.15) is 0 Å². The van der Waals surface area contributed by atoms with Crippen LogP contribution in [0.15, 0.2) is 12.7 Å². The number of nitrogens with one attached hydrogen (secondary N) is 2. The summed E-state index contributed by atoms with van der Waals surface area (Å²) in [5, 5.41) is 14.4. The van der Waals surface area contributed by atoms with Gasteiger partial charge in [0.1, 0.15) is 0 Å². The Hall–Kier alpha value is -1.07. The van der Waals surface area contributed by atoms with E-state index in [9.17, 15) is 4.79 Å². The summed E-state index contributed by atoms with van der Waals surface area (Å²) in [5.74, 6) is 0. The lowest BCUT2D eigenvalue weighted by Crippen LogP contribution is -2.50. The zero-order valence-electron chi connectivity index (χ0n) is 10.5. The Morgan fingerprint density at radius 1 is 1.59 bits per heavy atom. The van der Waals surface area contributed by atoms with E-state index in [4.69, 9.17) is 5.11 Å². The van der Waals surface area contributed by atoms with Crippen LogP contribution in [0.4, 0.5) is 4.79 Å². The maximum atomic E-state index is 11.5. The topological polar surface area (TPSA) is 64.6 Å². The van der Waals surface area contributed by atoms with Crippen LogP contribution in [0, 0.1) is 0 Å². The predicted molar refractivity (Wildman–Crippen MR) is 67.9 cm³/mol. The highest BCUT2D eigenvalue weighted by Crippen LogP contribution is 2.09. The summed E-state index contributed by atoms with van der Waals surface area (Å²) in [6, 6.07) is -0.147. The molecule has 0 aromatic carbocycles. The van der Waals surface area contributed by atoms with Crippen molar-refractivity contribution in [3.63, 3.8) is 0 Å². The van der Waals surface area contributed by atoms with E-state index >= 15 is 0 Å². The van der Waals surface area contributed by atoms with Crippen LogP contribution in [-0.4, -0.2) is 54.4 Å². The number of carbonyl (C=O) groups excluding carboxylic acids is 1. The number of hydrogen-bond donors (Lipinski definition) is 3. The molecule has 98 valence electrons. The first-order valence-electron chi connectivity index (χ1n) is 6.16. The van der Waals surface area contributed by atoms with Gasteiger partial charge in [-0.3, -0.25) is 4.90 Å². The Balaban J connectivity index is 2.21. The molecule has 3 N–H and O–H groups in total. The molecule has 0 bridgehead atoms. The van der Waals surface area contributed by atoms with E-state index in [1.807, 2.05) is 6.08 Å². The van der Waals surface area contributed by atoms with Gasteiger partial charge in [-0.05, 0) is 19.8 Å². The monoisotopic (exact) mass is 241 g/mol. The summed E-state index contributed by atoms with van der Waals surface area (Å²) in [6.07, 6.45) is 3.84. The van der Waals surface area contributed by atoms with Gasteiger partial charge < -0.3 is 15.7 Å². The van der Waals surface area contributed by atoms with Crippen molar-refractivity contribution in [2.75, 3.05) is 26.2 Å². The molecule has 1 unspecified atom stereocenters. The van der Waals surface area contributed by atoms with Crippen LogP contribution in [-0.2, 0) is 0 Å². The quantitative estimate of drug-likeness (QED) is 0.607. The number of amides is 2. The number of aliphatic hydroxyl groups excluding tert-OH is 1. The van der Waals surface area contributed by atoms with Crippen LogP contribution in [0.2, 0.25) is 0 Å². The van der Waals surface area contributed by atoms with Gasteiger partial charge in [0.25, 0.3) is 0 Å². The maximum Gasteiger partial charge on any atom is 0.315 e. The largest absolute Gasteiger partial charge is 0.394 e. The zero-order chi connectivity index (χ0) is 12.7. The molecule has 0 spiro atoms. The average Bonchev–Trinajstić information content (AvgIpc) is 2.31. The molecule has 0 radical (unpaired) electrons. The summed E-state index contributed by atoms with van der Waals surface area (Å²) < 4.78 is 0. The van der Waals surface area contributed by atoms with E-state index in [1.165, 1.54) is 0 Å². The summed E-state index contributed by atoms with van der Waals surface area (Å²) in [5.41, 5.74) is 0. The molecule has 5 heteroatoms. The van der Waals surface area contributed by atoms with Crippen LogP contribution in [0.1, 0.15) is 19.8 Å². The molecule has 1 aliphatic heterocycles. The Morgan fingerprint density at radius 2 is 2.24 bits per heavy atom. The molecule has 0 aliphatic carbocycles. The van der Waals surface area contributed by atoms with Crippen molar-refractivity contribution in [2.24, 2.45) is 0 Å². The van der Waals surface area contributed by atoms with Gasteiger partial charge >= 0.3 is 6.03 Å². The first-order valence-corrected chi connectivity index (χ1v) is 6.16. The van der Waals surface area contributed by atoms with E-state index in [0.717, 1.165) is 32.5 Å². The van der Waals surface area contributed by atoms with Crippen molar-refractivity contribution >= 4 is 6.03 Å². The lowest BCUT2D eigenvalue weighted by atomic mass is 10.1. The molecule has 1 atom stereocenters. The van der Waals surface area contributed by atoms with Crippen molar-refractivity contribution in [1.82, 2.24) is 15.5 Å². The van der Waals surface area contributed by atoms with Crippen LogP contribution < -0.4 is 10.6 Å². The number of aliphatic hydroxyl groups is 1. The highest BCUT2D eigenvalue weighted by Gasteiger charge is 2.20. The SMILES string of the molecule is C=CCN1CCC(NC(=O)NC(C)CO)CC1. The molecular weight excluding hydrogens is 218 g/mol. The van der Waals surface area contributed by atoms with Crippen molar-refractivity contribution in [3.05, 3.63) is 12.7 Å². The first kappa shape index (κ1) is 14.0. The summed E-state index contributed by atoms with van der Waals surface area (Å²) in [6.45, 7) is 8.36. The fourth-order valence-electron chi connectivity index (χ4n) is 1.94. The standard InChI is InChI=1S/C12H23N3O2/c1-3-6-15-7-4-11(5-8-15)14-12(17)13-10(2)9-16/h3,10-11,16H,1,4-9H2,2H3,(H2,13,14,17). The number of rotatable bonds is 5. The second kappa shape index (κ2) is 7.29. The highest BCUT2D eigenvalue weighted by atomic mass is 16.3. The number of urea groups is 1. The van der Waals surface area contributed by atoms with Gasteiger partial charge in [0.2, 0.25) is 0 Å². The molecule has 0 saturated carbocycles. The van der Waals surface area contributed by atoms with E-state index < -0.39 is 0 Å². The minimum atomic E-state index is -0.198. The van der Waals surface area contributed by atoms with Crippen LogP contribution in [0.25, 0.3) is 0 Å². The number of carbonyl (C=O) groups is 1. The van der Waals surface area contributed by atoms with Gasteiger partial charge in [0, 0.05) is 25.7 Å². The van der Waals surface area contributed by atoms with Gasteiger partial charge in [-0.15, -0.1) is 6.58 Å². The third-order valence-corrected chi connectivity index (χ3v) is 2.96. The van der Waals surface area contributed by atoms with Crippen molar-refractivity contribution in [3.8, 4) is 0 Å². The Kier molecular flexibility index (Phi) is 6.00. The summed E-state index contributed by atoms with van der Waals surface area (Å²) in [7, 11) is 0. The number of nitrogens with zero attached hydrogens (tertiary/aromatic N) is 1. The molecule has 17 heavy (non-hydrogen) atoms. The maximum absolute atomic E-state index is 11.5. The smallest absolute Gasteiger partial charge is 0.315 e. The molecule has 1 aliphatic rings. The zero-order valence-corrected chi connectivity index (χ0v) is 10.5. The Bertz CT molecular complexity index is 250. The first-order chi connectivity index (χ1) is 8.15. The molecule has 5 nitrogen and oxygen atoms in total. The number of piperidine rings is 1. The fraction of sp³-hybridized carbons (Fsp3) is 0.750. The lowest BCUT2D eigenvalue weighted by Gasteiger charge is -2.31. The molecule has 0 aromatic heterocycles. The molecular formula is C12H23N3O2. The van der Waals surface area contributed by atoms with E-state index in [2.05, 4.69) is 22.1 Å². The van der Waals surface area contributed by atoms with Crippen LogP contribution in [0.5, 0.6) is 0 Å². The van der Waals surface area contributed by atoms with Crippen molar-refractivity contribution < 1.29 is 9.90 Å². The van der Waals surface area contributed by atoms with Gasteiger partial charge in [-0.25, -0.2) is 4.79 Å². The van der Waals surface area contributed by atoms with E-state index in [1.54, 1.807) is 6.92 Å². The lowest BCUT2D eigenvalue weighted by molar-refractivity contribution is 0.196. The Labute approximate surface area is 103 Å². The van der Waals surface area contributed by atoms with Gasteiger partial charge in [-0.1, -0.05) is 6.08 Å². The van der Waals surface area contributed by atoms with Crippen LogP contribution >= 0.6 is 0 Å². The van der Waals surface area contributed by atoms with Gasteiger partial charge in [0.05, 0.1) is 12.6 Å². The average molecular weight is 241 g/mol. The minimum absolute atomic E-state index is 0.0365. The molecule has 1 heterocycles. The van der Waals surface area contributed by atoms with E-state index in [0.29, 0.717) is 0 Å². The normalized spacial score (nSPS) is 19.6. The van der Waals surface area contributed by atoms with Gasteiger partial charge in [0.15, 0.2) is 0 Å². The van der Waals surface area contributed by atoms with E-state index in [-0.39, 0.29) is 24.7 Å². The summed E-state index contributed by atoms with van der Waals surface area (Å²) in [4.78, 5) is 13.8. The molecule has 1 rings (SSSR count). The number of hydrogen-bond acceptors (Lipinski definition) is 3. The summed E-state index contributed by atoms with van der Waals surface area (Å²) >= 11 is 0. The fourth-order valence-corrected chi connectivity index (χ4v) is 1.94. The Morgan fingerprint density at radius 3 is 2.76 bits per heavy atom. The minimum Gasteiger partial charge on any atom is -0.394 e. The third-order valence-electron chi connectivity index (χ3n) is 2.96. The molecule has 1 saturated heterocycles. The third kappa shape index (κ3) is 5.19. The molecule has 1 fully saturated rings. The molecule has 0 aromatic rings. The predicted octanol–water partition coefficient (Wildman–Crippen LogP) is 0.317. The second-order valence-corrected chi connectivity index (χ2v) is 4.56.